The van der Waals surface area contributed by atoms with E-state index in [1.165, 1.54) is 84.2 Å². The van der Waals surface area contributed by atoms with Gasteiger partial charge in [0.15, 0.2) is 0 Å². The summed E-state index contributed by atoms with van der Waals surface area (Å²) in [4.78, 5) is 11.6. The number of carbonyl (C=O) groups excluding carboxylic acids is 1. The molecule has 0 aliphatic carbocycles. The van der Waals surface area contributed by atoms with Crippen LogP contribution in [0.15, 0.2) is 11.6 Å². The van der Waals surface area contributed by atoms with E-state index >= 15 is 0 Å². The van der Waals surface area contributed by atoms with Crippen molar-refractivity contribution in [2.24, 2.45) is 0 Å². The first-order valence-electron chi connectivity index (χ1n) is 10.3. The SMILES string of the molecule is CCCCCCCCCCCCCCCC=C1C(=O)OC(OC)C1O. The van der Waals surface area contributed by atoms with E-state index in [4.69, 9.17) is 9.47 Å². The monoisotopic (exact) mass is 354 g/mol. The van der Waals surface area contributed by atoms with Crippen molar-refractivity contribution in [3.63, 3.8) is 0 Å². The minimum absolute atomic E-state index is 0.353. The zero-order valence-electron chi connectivity index (χ0n) is 16.3. The Bertz CT molecular complexity index is 378. The van der Waals surface area contributed by atoms with Gasteiger partial charge in [0.1, 0.15) is 6.10 Å². The number of carbonyl (C=O) groups is 1. The molecule has 0 aromatic carbocycles. The number of hydrogen-bond donors (Lipinski definition) is 1. The molecule has 1 aliphatic rings. The Balaban J connectivity index is 1.91. The summed E-state index contributed by atoms with van der Waals surface area (Å²) in [6.07, 6.45) is 18.1. The van der Waals surface area contributed by atoms with Crippen molar-refractivity contribution in [2.75, 3.05) is 7.11 Å². The van der Waals surface area contributed by atoms with Crippen LogP contribution >= 0.6 is 0 Å². The smallest absolute Gasteiger partial charge is 0.339 e. The van der Waals surface area contributed by atoms with E-state index in [9.17, 15) is 9.90 Å². The van der Waals surface area contributed by atoms with E-state index in [0.29, 0.717) is 5.57 Å². The van der Waals surface area contributed by atoms with Crippen molar-refractivity contribution >= 4 is 5.97 Å². The van der Waals surface area contributed by atoms with Gasteiger partial charge >= 0.3 is 5.97 Å². The van der Waals surface area contributed by atoms with Gasteiger partial charge < -0.3 is 14.6 Å². The molecule has 4 nitrogen and oxygen atoms in total. The van der Waals surface area contributed by atoms with E-state index in [2.05, 4.69) is 6.92 Å². The Kier molecular flexibility index (Phi) is 12.7. The predicted octanol–water partition coefficient (Wildman–Crippen LogP) is 5.28. The lowest BCUT2D eigenvalue weighted by Gasteiger charge is -2.09. The highest BCUT2D eigenvalue weighted by Crippen LogP contribution is 2.22. The maximum atomic E-state index is 11.6. The molecule has 0 saturated carbocycles. The average molecular weight is 355 g/mol. The summed E-state index contributed by atoms with van der Waals surface area (Å²) in [5.74, 6) is -0.450. The molecule has 1 aliphatic heterocycles. The summed E-state index contributed by atoms with van der Waals surface area (Å²) in [5, 5.41) is 9.88. The Hall–Kier alpha value is -0.870. The highest BCUT2D eigenvalue weighted by molar-refractivity contribution is 5.91. The van der Waals surface area contributed by atoms with E-state index in [1.807, 2.05) is 6.08 Å². The number of cyclic esters (lactones) is 1. The standard InChI is InChI=1S/C21H38O4/c1-3-4-5-6-7-8-9-10-11-12-13-14-15-16-17-18-19(22)21(24-2)25-20(18)23/h17,19,21-22H,3-16H2,1-2H3. The fourth-order valence-corrected chi connectivity index (χ4v) is 3.31. The molecule has 0 aromatic rings. The fraction of sp³-hybridized carbons (Fsp3) is 0.857. The topological polar surface area (TPSA) is 55.8 Å². The Morgan fingerprint density at radius 1 is 0.920 bits per heavy atom. The first-order chi connectivity index (χ1) is 12.2. The number of ether oxygens (including phenoxy) is 2. The summed E-state index contributed by atoms with van der Waals surface area (Å²) in [6, 6.07) is 0. The van der Waals surface area contributed by atoms with Crippen molar-refractivity contribution in [1.82, 2.24) is 0 Å². The number of rotatable bonds is 15. The molecule has 25 heavy (non-hydrogen) atoms. The zero-order valence-corrected chi connectivity index (χ0v) is 16.3. The fourth-order valence-electron chi connectivity index (χ4n) is 3.31. The number of aliphatic hydroxyl groups is 1. The summed E-state index contributed by atoms with van der Waals surface area (Å²) in [7, 11) is 1.43. The van der Waals surface area contributed by atoms with Crippen molar-refractivity contribution in [1.29, 1.82) is 0 Å². The molecular formula is C21H38O4. The maximum Gasteiger partial charge on any atom is 0.339 e. The molecule has 4 heteroatoms. The van der Waals surface area contributed by atoms with Gasteiger partial charge in [0.25, 0.3) is 0 Å². The van der Waals surface area contributed by atoms with Gasteiger partial charge in [-0.05, 0) is 12.8 Å². The molecule has 1 saturated heterocycles. The first kappa shape index (κ1) is 22.2. The van der Waals surface area contributed by atoms with Crippen molar-refractivity contribution < 1.29 is 19.4 Å². The van der Waals surface area contributed by atoms with Crippen LogP contribution in [0.2, 0.25) is 0 Å². The van der Waals surface area contributed by atoms with Gasteiger partial charge in [-0.2, -0.15) is 0 Å². The Morgan fingerprint density at radius 2 is 1.40 bits per heavy atom. The van der Waals surface area contributed by atoms with Gasteiger partial charge in [-0.1, -0.05) is 90.0 Å². The molecule has 146 valence electrons. The van der Waals surface area contributed by atoms with Crippen LogP contribution in [0, 0.1) is 0 Å². The molecule has 0 spiro atoms. The number of allylic oxidation sites excluding steroid dienone is 1. The van der Waals surface area contributed by atoms with Crippen molar-refractivity contribution in [3.8, 4) is 0 Å². The van der Waals surface area contributed by atoms with Gasteiger partial charge in [0.05, 0.1) is 5.57 Å². The molecule has 2 atom stereocenters. The molecule has 0 bridgehead atoms. The lowest BCUT2D eigenvalue weighted by atomic mass is 10.0. The molecule has 2 unspecified atom stereocenters. The number of hydrogen-bond acceptors (Lipinski definition) is 4. The van der Waals surface area contributed by atoms with Crippen LogP contribution in [0.25, 0.3) is 0 Å². The van der Waals surface area contributed by atoms with E-state index < -0.39 is 18.4 Å². The van der Waals surface area contributed by atoms with Gasteiger partial charge in [0.2, 0.25) is 6.29 Å². The third-order valence-corrected chi connectivity index (χ3v) is 4.94. The average Bonchev–Trinajstić information content (AvgIpc) is 2.89. The molecule has 0 amide bonds. The van der Waals surface area contributed by atoms with Gasteiger partial charge in [0, 0.05) is 7.11 Å². The minimum Gasteiger partial charge on any atom is -0.429 e. The minimum atomic E-state index is -0.945. The van der Waals surface area contributed by atoms with Crippen LogP contribution in [0.3, 0.4) is 0 Å². The molecule has 0 radical (unpaired) electrons. The highest BCUT2D eigenvalue weighted by Gasteiger charge is 2.38. The lowest BCUT2D eigenvalue weighted by Crippen LogP contribution is -2.23. The Labute approximate surface area is 154 Å². The lowest BCUT2D eigenvalue weighted by molar-refractivity contribution is -0.166. The second-order valence-corrected chi connectivity index (χ2v) is 7.15. The molecule has 1 heterocycles. The van der Waals surface area contributed by atoms with E-state index in [-0.39, 0.29) is 0 Å². The molecule has 1 N–H and O–H groups in total. The van der Waals surface area contributed by atoms with Gasteiger partial charge in [-0.15, -0.1) is 0 Å². The van der Waals surface area contributed by atoms with E-state index in [1.54, 1.807) is 0 Å². The van der Waals surface area contributed by atoms with Gasteiger partial charge in [-0.25, -0.2) is 4.79 Å². The van der Waals surface area contributed by atoms with Crippen LogP contribution in [-0.4, -0.2) is 30.6 Å². The van der Waals surface area contributed by atoms with Crippen molar-refractivity contribution in [3.05, 3.63) is 11.6 Å². The number of esters is 1. The second-order valence-electron chi connectivity index (χ2n) is 7.15. The second kappa shape index (κ2) is 14.3. The molecule has 0 aromatic heterocycles. The summed E-state index contributed by atoms with van der Waals surface area (Å²) < 4.78 is 9.84. The normalized spacial score (nSPS) is 21.9. The first-order valence-corrected chi connectivity index (χ1v) is 10.3. The quantitative estimate of drug-likeness (QED) is 0.247. The van der Waals surface area contributed by atoms with Gasteiger partial charge in [-0.3, -0.25) is 0 Å². The Morgan fingerprint density at radius 3 is 1.84 bits per heavy atom. The number of aliphatic hydroxyl groups excluding tert-OH is 1. The summed E-state index contributed by atoms with van der Waals surface area (Å²) >= 11 is 0. The molecule has 1 fully saturated rings. The van der Waals surface area contributed by atoms with E-state index in [0.717, 1.165) is 12.8 Å². The summed E-state index contributed by atoms with van der Waals surface area (Å²) in [6.45, 7) is 2.26. The largest absolute Gasteiger partial charge is 0.429 e. The van der Waals surface area contributed by atoms with Crippen molar-refractivity contribution in [2.45, 2.75) is 109 Å². The van der Waals surface area contributed by atoms with Crippen LogP contribution in [0.4, 0.5) is 0 Å². The van der Waals surface area contributed by atoms with Crippen LogP contribution in [0.5, 0.6) is 0 Å². The number of methoxy groups -OCH3 is 1. The maximum absolute atomic E-state index is 11.6. The third kappa shape index (κ3) is 9.41. The van der Waals surface area contributed by atoms with Crippen LogP contribution in [0.1, 0.15) is 96.8 Å². The third-order valence-electron chi connectivity index (χ3n) is 4.94. The molecule has 1 rings (SSSR count). The van der Waals surface area contributed by atoms with Crippen LogP contribution < -0.4 is 0 Å². The zero-order chi connectivity index (χ0) is 18.3. The highest BCUT2D eigenvalue weighted by atomic mass is 16.7. The predicted molar refractivity (Wildman–Crippen MR) is 101 cm³/mol. The summed E-state index contributed by atoms with van der Waals surface area (Å²) in [5.41, 5.74) is 0.353. The van der Waals surface area contributed by atoms with Crippen LogP contribution in [-0.2, 0) is 14.3 Å². The molecular weight excluding hydrogens is 316 g/mol. The number of unbranched alkanes of at least 4 members (excludes halogenated alkanes) is 13.